The summed E-state index contributed by atoms with van der Waals surface area (Å²) < 4.78 is 0. The zero-order chi connectivity index (χ0) is 15.4. The van der Waals surface area contributed by atoms with Crippen LogP contribution in [0.5, 0.6) is 0 Å². The zero-order valence-corrected chi connectivity index (χ0v) is 12.9. The largest absolute Gasteiger partial charge is 0.396 e. The Morgan fingerprint density at radius 1 is 1.38 bits per heavy atom. The summed E-state index contributed by atoms with van der Waals surface area (Å²) in [5.41, 5.74) is 3.58. The average molecular weight is 288 g/mol. The van der Waals surface area contributed by atoms with Crippen molar-refractivity contribution in [1.29, 1.82) is 0 Å². The van der Waals surface area contributed by atoms with E-state index in [4.69, 9.17) is 5.11 Å². The van der Waals surface area contributed by atoms with Crippen molar-refractivity contribution in [3.63, 3.8) is 0 Å². The molecule has 0 spiro atoms. The van der Waals surface area contributed by atoms with E-state index in [1.54, 1.807) is 0 Å². The molecule has 2 amide bonds. The molecule has 0 bridgehead atoms. The smallest absolute Gasteiger partial charge is 0.315 e. The Bertz CT molecular complexity index is 540. The first kappa shape index (κ1) is 15.6. The number of aliphatic hydroxyl groups is 1. The Kier molecular flexibility index (Phi) is 5.02. The predicted molar refractivity (Wildman–Crippen MR) is 84.1 cm³/mol. The summed E-state index contributed by atoms with van der Waals surface area (Å²) in [5.74, 6) is 0.159. The molecule has 4 heteroatoms. The van der Waals surface area contributed by atoms with Crippen LogP contribution in [-0.4, -0.2) is 23.8 Å². The third kappa shape index (κ3) is 3.85. The first-order chi connectivity index (χ1) is 10.0. The molecule has 0 saturated heterocycles. The molecule has 1 unspecified atom stereocenters. The minimum Gasteiger partial charge on any atom is -0.396 e. The first-order valence-electron chi connectivity index (χ1n) is 7.43. The third-order valence-corrected chi connectivity index (χ3v) is 4.18. The topological polar surface area (TPSA) is 61.4 Å². The monoisotopic (exact) mass is 288 g/mol. The maximum atomic E-state index is 12.1. The molecule has 114 valence electrons. The van der Waals surface area contributed by atoms with Gasteiger partial charge in [-0.1, -0.05) is 30.4 Å². The normalized spacial score (nSPS) is 22.1. The molecule has 1 aliphatic carbocycles. The molecule has 0 saturated carbocycles. The minimum absolute atomic E-state index is 0.00737. The fraction of sp³-hybridized carbons (Fsp3) is 0.471. The number of hydrogen-bond acceptors (Lipinski definition) is 2. The number of aryl methyl sites for hydroxylation is 1. The van der Waals surface area contributed by atoms with Gasteiger partial charge < -0.3 is 15.7 Å². The lowest BCUT2D eigenvalue weighted by atomic mass is 9.98. The zero-order valence-electron chi connectivity index (χ0n) is 12.9. The van der Waals surface area contributed by atoms with E-state index in [0.717, 1.165) is 12.0 Å². The van der Waals surface area contributed by atoms with Crippen molar-refractivity contribution < 1.29 is 9.90 Å². The van der Waals surface area contributed by atoms with Gasteiger partial charge in [-0.25, -0.2) is 4.79 Å². The van der Waals surface area contributed by atoms with Gasteiger partial charge in [0, 0.05) is 18.6 Å². The SMILES string of the molecule is Cc1cccc(C(C)NC(=O)N[C@@H]2C=C[C@H](CO)C2)c1C. The number of hydrogen-bond donors (Lipinski definition) is 3. The van der Waals surface area contributed by atoms with Crippen LogP contribution in [0.2, 0.25) is 0 Å². The van der Waals surface area contributed by atoms with Crippen LogP contribution < -0.4 is 10.6 Å². The van der Waals surface area contributed by atoms with Gasteiger partial charge in [-0.05, 0) is 43.9 Å². The van der Waals surface area contributed by atoms with E-state index in [0.29, 0.717) is 0 Å². The lowest BCUT2D eigenvalue weighted by molar-refractivity contribution is 0.229. The van der Waals surface area contributed by atoms with Crippen molar-refractivity contribution in [3.8, 4) is 0 Å². The first-order valence-corrected chi connectivity index (χ1v) is 7.43. The average Bonchev–Trinajstić information content (AvgIpc) is 2.89. The number of carbonyl (C=O) groups excluding carboxylic acids is 1. The molecule has 2 rings (SSSR count). The molecule has 3 atom stereocenters. The maximum absolute atomic E-state index is 12.1. The highest BCUT2D eigenvalue weighted by Crippen LogP contribution is 2.20. The molecule has 1 aromatic carbocycles. The molecule has 0 fully saturated rings. The molecule has 1 aromatic rings. The number of nitrogens with one attached hydrogen (secondary N) is 2. The van der Waals surface area contributed by atoms with Crippen molar-refractivity contribution >= 4 is 6.03 Å². The second-order valence-electron chi connectivity index (χ2n) is 5.80. The van der Waals surface area contributed by atoms with Gasteiger partial charge in [0.05, 0.1) is 6.04 Å². The lowest BCUT2D eigenvalue weighted by Gasteiger charge is -2.20. The van der Waals surface area contributed by atoms with Gasteiger partial charge in [-0.3, -0.25) is 0 Å². The number of rotatable bonds is 4. The van der Waals surface area contributed by atoms with Crippen LogP contribution in [0.4, 0.5) is 4.79 Å². The van der Waals surface area contributed by atoms with Crippen LogP contribution in [0.3, 0.4) is 0 Å². The molecular formula is C17H24N2O2. The minimum atomic E-state index is -0.170. The molecule has 21 heavy (non-hydrogen) atoms. The Hall–Kier alpha value is -1.81. The summed E-state index contributed by atoms with van der Waals surface area (Å²) in [6.07, 6.45) is 4.67. The number of carbonyl (C=O) groups is 1. The van der Waals surface area contributed by atoms with E-state index in [9.17, 15) is 4.79 Å². The highest BCUT2D eigenvalue weighted by atomic mass is 16.3. The highest BCUT2D eigenvalue weighted by molar-refractivity contribution is 5.75. The summed E-state index contributed by atoms with van der Waals surface area (Å²) in [6.45, 7) is 6.27. The Balaban J connectivity index is 1.91. The van der Waals surface area contributed by atoms with Crippen LogP contribution >= 0.6 is 0 Å². The Morgan fingerprint density at radius 3 is 2.81 bits per heavy atom. The van der Waals surface area contributed by atoms with Gasteiger partial charge in [0.25, 0.3) is 0 Å². The van der Waals surface area contributed by atoms with Crippen LogP contribution in [0.1, 0.15) is 36.1 Å². The van der Waals surface area contributed by atoms with Crippen molar-refractivity contribution in [2.45, 2.75) is 39.3 Å². The molecule has 0 aliphatic heterocycles. The van der Waals surface area contributed by atoms with Crippen LogP contribution in [0, 0.1) is 19.8 Å². The van der Waals surface area contributed by atoms with Crippen molar-refractivity contribution in [3.05, 3.63) is 47.0 Å². The van der Waals surface area contributed by atoms with Crippen LogP contribution in [-0.2, 0) is 0 Å². The van der Waals surface area contributed by atoms with Crippen molar-refractivity contribution in [2.24, 2.45) is 5.92 Å². The quantitative estimate of drug-likeness (QED) is 0.746. The molecule has 3 N–H and O–H groups in total. The standard InChI is InChI=1S/C17H24N2O2/c1-11-5-4-6-16(12(11)2)13(3)18-17(21)19-15-8-7-14(9-15)10-20/h4-8,13-15,20H,9-10H2,1-3H3,(H2,18,19,21)/t13?,14-,15+/m0/s1. The van der Waals surface area contributed by atoms with E-state index < -0.39 is 0 Å². The van der Waals surface area contributed by atoms with E-state index in [2.05, 4.69) is 30.5 Å². The second kappa shape index (κ2) is 6.76. The fourth-order valence-corrected chi connectivity index (χ4v) is 2.74. The maximum Gasteiger partial charge on any atom is 0.315 e. The summed E-state index contributed by atoms with van der Waals surface area (Å²) >= 11 is 0. The van der Waals surface area contributed by atoms with Gasteiger partial charge in [-0.2, -0.15) is 0 Å². The van der Waals surface area contributed by atoms with Crippen molar-refractivity contribution in [1.82, 2.24) is 10.6 Å². The van der Waals surface area contributed by atoms with Gasteiger partial charge in [0.15, 0.2) is 0 Å². The summed E-state index contributed by atoms with van der Waals surface area (Å²) in [4.78, 5) is 12.1. The number of aliphatic hydroxyl groups excluding tert-OH is 1. The van der Waals surface area contributed by atoms with Gasteiger partial charge in [-0.15, -0.1) is 0 Å². The molecular weight excluding hydrogens is 264 g/mol. The van der Waals surface area contributed by atoms with E-state index >= 15 is 0 Å². The Labute approximate surface area is 126 Å². The molecule has 0 heterocycles. The van der Waals surface area contributed by atoms with Crippen LogP contribution in [0.15, 0.2) is 30.4 Å². The number of urea groups is 1. The summed E-state index contributed by atoms with van der Waals surface area (Å²) in [5, 5.41) is 15.0. The fourth-order valence-electron chi connectivity index (χ4n) is 2.74. The molecule has 0 radical (unpaired) electrons. The second-order valence-corrected chi connectivity index (χ2v) is 5.80. The molecule has 1 aliphatic rings. The van der Waals surface area contributed by atoms with E-state index in [1.807, 2.05) is 31.2 Å². The predicted octanol–water partition coefficient (Wildman–Crippen LogP) is 2.60. The van der Waals surface area contributed by atoms with E-state index in [-0.39, 0.29) is 30.6 Å². The molecule has 0 aromatic heterocycles. The third-order valence-electron chi connectivity index (χ3n) is 4.18. The highest BCUT2D eigenvalue weighted by Gasteiger charge is 2.20. The summed E-state index contributed by atoms with van der Waals surface area (Å²) in [7, 11) is 0. The lowest BCUT2D eigenvalue weighted by Crippen LogP contribution is -2.42. The van der Waals surface area contributed by atoms with Gasteiger partial charge in [0.2, 0.25) is 0 Å². The summed E-state index contributed by atoms with van der Waals surface area (Å²) in [6, 6.07) is 5.93. The van der Waals surface area contributed by atoms with Crippen molar-refractivity contribution in [2.75, 3.05) is 6.61 Å². The number of amides is 2. The molecule has 4 nitrogen and oxygen atoms in total. The van der Waals surface area contributed by atoms with Gasteiger partial charge in [0.1, 0.15) is 0 Å². The van der Waals surface area contributed by atoms with Crippen LogP contribution in [0.25, 0.3) is 0 Å². The van der Waals surface area contributed by atoms with E-state index in [1.165, 1.54) is 11.1 Å². The Morgan fingerprint density at radius 2 is 2.14 bits per heavy atom. The van der Waals surface area contributed by atoms with Gasteiger partial charge >= 0.3 is 6.03 Å². The number of benzene rings is 1.